The smallest absolute Gasteiger partial charge is 0.167 e. The molecule has 0 radical (unpaired) electrons. The van der Waals surface area contributed by atoms with Crippen LogP contribution >= 0.6 is 0 Å². The Bertz CT molecular complexity index is 1890. The molecule has 216 valence electrons. The number of nitrogens with two attached hydrogens (primary N) is 1. The van der Waals surface area contributed by atoms with Crippen molar-refractivity contribution in [2.75, 3.05) is 18.2 Å². The summed E-state index contributed by atoms with van der Waals surface area (Å²) in [5, 5.41) is 3.36. The van der Waals surface area contributed by atoms with E-state index in [1.807, 2.05) is 73.7 Å². The van der Waals surface area contributed by atoms with E-state index in [2.05, 4.69) is 15.3 Å². The number of ether oxygens (including phenoxy) is 2. The van der Waals surface area contributed by atoms with Gasteiger partial charge in [-0.2, -0.15) is 0 Å². The maximum Gasteiger partial charge on any atom is 0.167 e. The molecule has 0 saturated carbocycles. The first-order chi connectivity index (χ1) is 20.9. The zero-order valence-corrected chi connectivity index (χ0v) is 23.6. The third kappa shape index (κ3) is 5.57. The van der Waals surface area contributed by atoms with Gasteiger partial charge in [0, 0.05) is 29.9 Å². The van der Waals surface area contributed by atoms with Crippen molar-refractivity contribution >= 4 is 22.5 Å². The van der Waals surface area contributed by atoms with Gasteiger partial charge in [0.25, 0.3) is 0 Å². The highest BCUT2D eigenvalue weighted by molar-refractivity contribution is 5.96. The van der Waals surface area contributed by atoms with Crippen LogP contribution in [0, 0.1) is 18.6 Å². The molecule has 4 aromatic carbocycles. The van der Waals surface area contributed by atoms with Crippen LogP contribution < -0.4 is 20.5 Å². The molecule has 43 heavy (non-hydrogen) atoms. The van der Waals surface area contributed by atoms with Gasteiger partial charge in [-0.25, -0.2) is 18.7 Å². The van der Waals surface area contributed by atoms with Crippen molar-refractivity contribution in [3.8, 4) is 28.4 Å². The number of methoxy groups -OCH3 is 1. The first-order valence-corrected chi connectivity index (χ1v) is 13.7. The van der Waals surface area contributed by atoms with E-state index in [4.69, 9.17) is 15.2 Å². The molecular formula is C34H29F2N5O2. The van der Waals surface area contributed by atoms with Crippen molar-refractivity contribution in [1.82, 2.24) is 14.5 Å². The van der Waals surface area contributed by atoms with Crippen LogP contribution in [0.25, 0.3) is 28.0 Å². The second-order valence-electron chi connectivity index (χ2n) is 10.1. The maximum absolute atomic E-state index is 16.0. The van der Waals surface area contributed by atoms with Gasteiger partial charge in [-0.3, -0.25) is 0 Å². The number of benzene rings is 4. The fourth-order valence-electron chi connectivity index (χ4n) is 5.08. The average molecular weight is 578 g/mol. The van der Waals surface area contributed by atoms with E-state index < -0.39 is 11.6 Å². The average Bonchev–Trinajstić information content (AvgIpc) is 3.33. The minimum absolute atomic E-state index is 0.00298. The molecule has 0 atom stereocenters. The molecule has 9 heteroatoms. The molecule has 0 amide bonds. The molecule has 6 aromatic rings. The Morgan fingerprint density at radius 2 is 1.60 bits per heavy atom. The molecule has 0 aliphatic carbocycles. The van der Waals surface area contributed by atoms with Crippen LogP contribution in [0.3, 0.4) is 0 Å². The molecule has 3 N–H and O–H groups in total. The standard InChI is InChI=1S/C34H29F2N5O2/c1-21-31-33(34(40-20-39-31)38-18-22-8-14-26(42-2)15-9-22)41(32(21)24-10-12-25(37)13-11-24)29-16-28(36)30(17-27(29)35)43-19-23-6-4-3-5-7-23/h3-17,20H,18-19,37H2,1-2H3,(H,38,39,40). The molecule has 0 saturated heterocycles. The number of aryl methyl sites for hydroxylation is 1. The third-order valence-electron chi connectivity index (χ3n) is 7.26. The number of nitrogens with zero attached hydrogens (tertiary/aromatic N) is 3. The highest BCUT2D eigenvalue weighted by atomic mass is 19.1. The minimum Gasteiger partial charge on any atom is -0.497 e. The fraction of sp³-hybridized carbons (Fsp3) is 0.118. The van der Waals surface area contributed by atoms with Crippen molar-refractivity contribution < 1.29 is 18.3 Å². The molecule has 0 unspecified atom stereocenters. The van der Waals surface area contributed by atoms with Crippen LogP contribution in [-0.4, -0.2) is 21.6 Å². The number of rotatable bonds is 9. The van der Waals surface area contributed by atoms with E-state index in [-0.39, 0.29) is 18.0 Å². The lowest BCUT2D eigenvalue weighted by molar-refractivity contribution is 0.288. The van der Waals surface area contributed by atoms with Crippen molar-refractivity contribution in [3.63, 3.8) is 0 Å². The SMILES string of the molecule is COc1ccc(CNc2ncnc3c(C)c(-c4ccc(N)cc4)n(-c4cc(F)c(OCc5ccccc5)cc4F)c23)cc1. The second kappa shape index (κ2) is 11.8. The zero-order chi connectivity index (χ0) is 29.9. The lowest BCUT2D eigenvalue weighted by Crippen LogP contribution is -2.07. The topological polar surface area (TPSA) is 87.2 Å². The zero-order valence-electron chi connectivity index (χ0n) is 23.6. The Labute approximate surface area is 247 Å². The quantitative estimate of drug-likeness (QED) is 0.174. The van der Waals surface area contributed by atoms with Crippen molar-refractivity contribution in [1.29, 1.82) is 0 Å². The molecule has 0 aliphatic rings. The number of fused-ring (bicyclic) bond motifs is 1. The number of hydrogen-bond donors (Lipinski definition) is 2. The van der Waals surface area contributed by atoms with Gasteiger partial charge in [-0.1, -0.05) is 54.6 Å². The molecular weight excluding hydrogens is 548 g/mol. The van der Waals surface area contributed by atoms with Gasteiger partial charge in [-0.15, -0.1) is 0 Å². The van der Waals surface area contributed by atoms with Crippen LogP contribution in [0.15, 0.2) is 97.3 Å². The molecule has 2 heterocycles. The van der Waals surface area contributed by atoms with Gasteiger partial charge >= 0.3 is 0 Å². The summed E-state index contributed by atoms with van der Waals surface area (Å²) < 4.78 is 44.2. The Kier molecular flexibility index (Phi) is 7.61. The highest BCUT2D eigenvalue weighted by Gasteiger charge is 2.25. The predicted molar refractivity (Wildman–Crippen MR) is 164 cm³/mol. The number of nitrogens with one attached hydrogen (secondary N) is 1. The Morgan fingerprint density at radius 3 is 2.33 bits per heavy atom. The number of hydrogen-bond acceptors (Lipinski definition) is 6. The van der Waals surface area contributed by atoms with Crippen LogP contribution in [0.5, 0.6) is 11.5 Å². The summed E-state index contributed by atoms with van der Waals surface area (Å²) in [5.74, 6) is -0.321. The molecule has 2 aromatic heterocycles. The van der Waals surface area contributed by atoms with Gasteiger partial charge < -0.3 is 25.1 Å². The largest absolute Gasteiger partial charge is 0.497 e. The summed E-state index contributed by atoms with van der Waals surface area (Å²) >= 11 is 0. The first kappa shape index (κ1) is 27.7. The molecule has 0 aliphatic heterocycles. The van der Waals surface area contributed by atoms with E-state index in [9.17, 15) is 0 Å². The third-order valence-corrected chi connectivity index (χ3v) is 7.26. The summed E-state index contributed by atoms with van der Waals surface area (Å²) in [6, 6.07) is 26.4. The summed E-state index contributed by atoms with van der Waals surface area (Å²) in [6.45, 7) is 2.43. The predicted octanol–water partition coefficient (Wildman–Crippen LogP) is 7.46. The van der Waals surface area contributed by atoms with Gasteiger partial charge in [0.1, 0.15) is 24.2 Å². The van der Waals surface area contributed by atoms with E-state index in [1.54, 1.807) is 23.8 Å². The van der Waals surface area contributed by atoms with E-state index in [0.717, 1.165) is 40.1 Å². The van der Waals surface area contributed by atoms with E-state index >= 15 is 8.78 Å². The number of halogens is 2. The van der Waals surface area contributed by atoms with Crippen molar-refractivity contribution in [3.05, 3.63) is 126 Å². The molecule has 0 bridgehead atoms. The Balaban J connectivity index is 1.47. The Hall–Kier alpha value is -5.44. The van der Waals surface area contributed by atoms with Crippen LogP contribution in [0.1, 0.15) is 16.7 Å². The van der Waals surface area contributed by atoms with Crippen molar-refractivity contribution in [2.45, 2.75) is 20.1 Å². The van der Waals surface area contributed by atoms with Gasteiger partial charge in [0.2, 0.25) is 0 Å². The van der Waals surface area contributed by atoms with Gasteiger partial charge in [0.15, 0.2) is 23.2 Å². The minimum atomic E-state index is -0.695. The summed E-state index contributed by atoms with van der Waals surface area (Å²) in [6.07, 6.45) is 1.46. The summed E-state index contributed by atoms with van der Waals surface area (Å²) in [5.41, 5.74) is 11.7. The normalized spacial score (nSPS) is 11.1. The molecule has 0 fully saturated rings. The second-order valence-corrected chi connectivity index (χ2v) is 10.1. The highest BCUT2D eigenvalue weighted by Crippen LogP contribution is 2.39. The van der Waals surface area contributed by atoms with Crippen LogP contribution in [0.4, 0.5) is 20.3 Å². The van der Waals surface area contributed by atoms with Gasteiger partial charge in [0.05, 0.1) is 24.0 Å². The van der Waals surface area contributed by atoms with Crippen LogP contribution in [-0.2, 0) is 13.2 Å². The lowest BCUT2D eigenvalue weighted by Gasteiger charge is -2.16. The van der Waals surface area contributed by atoms with Crippen molar-refractivity contribution in [2.24, 2.45) is 0 Å². The van der Waals surface area contributed by atoms with E-state index in [0.29, 0.717) is 34.8 Å². The lowest BCUT2D eigenvalue weighted by atomic mass is 10.1. The van der Waals surface area contributed by atoms with Gasteiger partial charge in [-0.05, 0) is 47.9 Å². The molecule has 6 rings (SSSR count). The first-order valence-electron chi connectivity index (χ1n) is 13.7. The monoisotopic (exact) mass is 577 g/mol. The van der Waals surface area contributed by atoms with E-state index in [1.165, 1.54) is 6.33 Å². The summed E-state index contributed by atoms with van der Waals surface area (Å²) in [7, 11) is 1.62. The Morgan fingerprint density at radius 1 is 0.860 bits per heavy atom. The number of nitrogen functional groups attached to an aromatic ring is 1. The molecule has 7 nitrogen and oxygen atoms in total. The van der Waals surface area contributed by atoms with Crippen LogP contribution in [0.2, 0.25) is 0 Å². The maximum atomic E-state index is 16.0. The number of aromatic nitrogens is 3. The number of anilines is 2. The fourth-order valence-corrected chi connectivity index (χ4v) is 5.08. The summed E-state index contributed by atoms with van der Waals surface area (Å²) in [4.78, 5) is 9.06. The molecule has 0 spiro atoms.